The summed E-state index contributed by atoms with van der Waals surface area (Å²) in [5, 5.41) is 0. The number of piperidine rings is 1. The van der Waals surface area contributed by atoms with Crippen LogP contribution in [0.3, 0.4) is 0 Å². The zero-order valence-corrected chi connectivity index (χ0v) is 15.8. The van der Waals surface area contributed by atoms with Crippen molar-refractivity contribution in [1.29, 1.82) is 0 Å². The van der Waals surface area contributed by atoms with E-state index in [4.69, 9.17) is 9.47 Å². The van der Waals surface area contributed by atoms with E-state index in [9.17, 15) is 4.79 Å². The van der Waals surface area contributed by atoms with Gasteiger partial charge in [0.2, 0.25) is 0 Å². The first-order chi connectivity index (χ1) is 10.3. The molecule has 0 radical (unpaired) electrons. The van der Waals surface area contributed by atoms with Crippen LogP contribution in [0.2, 0.25) is 0 Å². The fourth-order valence-corrected chi connectivity index (χ4v) is 3.29. The zero-order valence-electron chi connectivity index (χ0n) is 14.9. The van der Waals surface area contributed by atoms with E-state index in [1.54, 1.807) is 0 Å². The number of likely N-dealkylation sites (tertiary alicyclic amines) is 1. The molecule has 4 nitrogen and oxygen atoms in total. The van der Waals surface area contributed by atoms with E-state index >= 15 is 0 Å². The third kappa shape index (κ3) is 6.78. The number of nitrogens with zero attached hydrogens (tertiary/aromatic N) is 1. The second-order valence-electron chi connectivity index (χ2n) is 6.94. The quantitative estimate of drug-likeness (QED) is 0.651. The second kappa shape index (κ2) is 9.02. The minimum atomic E-state index is -0.443. The molecule has 1 saturated heterocycles. The minimum absolute atomic E-state index is 0.188. The van der Waals surface area contributed by atoms with Crippen molar-refractivity contribution >= 4 is 17.9 Å². The van der Waals surface area contributed by atoms with E-state index in [0.717, 1.165) is 50.3 Å². The molecule has 1 atom stereocenters. The predicted octanol–water partition coefficient (Wildman–Crippen LogP) is 4.33. The maximum absolute atomic E-state index is 12.3. The Balaban J connectivity index is 2.51. The molecule has 0 aliphatic carbocycles. The van der Waals surface area contributed by atoms with Gasteiger partial charge in [-0.2, -0.15) is 11.8 Å². The van der Waals surface area contributed by atoms with Crippen molar-refractivity contribution in [2.24, 2.45) is 0 Å². The number of ether oxygens (including phenoxy) is 2. The van der Waals surface area contributed by atoms with E-state index < -0.39 is 5.60 Å². The van der Waals surface area contributed by atoms with Crippen LogP contribution in [0.4, 0.5) is 4.79 Å². The lowest BCUT2D eigenvalue weighted by atomic mass is 9.90. The summed E-state index contributed by atoms with van der Waals surface area (Å²) in [6.07, 6.45) is 3.82. The number of amides is 1. The Hall–Kier alpha value is -0.420. The van der Waals surface area contributed by atoms with Gasteiger partial charge >= 0.3 is 6.09 Å². The van der Waals surface area contributed by atoms with Crippen LogP contribution in [-0.4, -0.2) is 53.4 Å². The van der Waals surface area contributed by atoms with E-state index in [1.165, 1.54) is 0 Å². The van der Waals surface area contributed by atoms with Gasteiger partial charge in [0.1, 0.15) is 5.60 Å². The molecular weight excluding hydrogens is 298 g/mol. The Bertz CT molecular complexity index is 343. The molecule has 0 aromatic rings. The average Bonchev–Trinajstić information content (AvgIpc) is 2.45. The molecular formula is C17H33NO3S. The van der Waals surface area contributed by atoms with Gasteiger partial charge < -0.3 is 14.4 Å². The molecule has 0 aromatic heterocycles. The summed E-state index contributed by atoms with van der Waals surface area (Å²) >= 11 is 1.95. The number of carbonyl (C=O) groups is 1. The molecule has 0 bridgehead atoms. The summed E-state index contributed by atoms with van der Waals surface area (Å²) in [5.74, 6) is 2.30. The number of carbonyl (C=O) groups excluding carboxylic acids is 1. The van der Waals surface area contributed by atoms with Crippen molar-refractivity contribution in [2.45, 2.75) is 71.5 Å². The molecule has 0 N–H and O–H groups in total. The number of thioether (sulfide) groups is 1. The summed E-state index contributed by atoms with van der Waals surface area (Å²) in [6.45, 7) is 12.3. The molecule has 1 unspecified atom stereocenters. The number of rotatable bonds is 7. The first kappa shape index (κ1) is 19.6. The van der Waals surface area contributed by atoms with Crippen molar-refractivity contribution in [3.05, 3.63) is 0 Å². The summed E-state index contributed by atoms with van der Waals surface area (Å²) in [5.41, 5.74) is -0.631. The molecule has 0 spiro atoms. The summed E-state index contributed by atoms with van der Waals surface area (Å²) < 4.78 is 11.7. The van der Waals surface area contributed by atoms with Crippen molar-refractivity contribution in [3.8, 4) is 0 Å². The molecule has 0 aromatic carbocycles. The highest BCUT2D eigenvalue weighted by Gasteiger charge is 2.37. The monoisotopic (exact) mass is 331 g/mol. The third-order valence-electron chi connectivity index (χ3n) is 3.88. The maximum atomic E-state index is 12.3. The van der Waals surface area contributed by atoms with Gasteiger partial charge in [0, 0.05) is 13.2 Å². The second-order valence-corrected chi connectivity index (χ2v) is 8.33. The van der Waals surface area contributed by atoms with Crippen molar-refractivity contribution in [3.63, 3.8) is 0 Å². The largest absolute Gasteiger partial charge is 0.444 e. The average molecular weight is 332 g/mol. The summed E-state index contributed by atoms with van der Waals surface area (Å²) in [4.78, 5) is 14.1. The SMILES string of the molecule is CCSCCCOC1(CC)CCCN(C(=O)OC(C)(C)C)C1. The van der Waals surface area contributed by atoms with Gasteiger partial charge in [0.05, 0.1) is 12.1 Å². The van der Waals surface area contributed by atoms with Gasteiger partial charge in [0.15, 0.2) is 0 Å². The minimum Gasteiger partial charge on any atom is -0.444 e. The normalized spacial score (nSPS) is 22.7. The fourth-order valence-electron chi connectivity index (χ4n) is 2.68. The Morgan fingerprint density at radius 2 is 2.05 bits per heavy atom. The van der Waals surface area contributed by atoms with Crippen LogP contribution in [0.15, 0.2) is 0 Å². The standard InChI is InChI=1S/C17H33NO3S/c1-6-17(20-12-9-13-22-7-2)10-8-11-18(14-17)15(19)21-16(3,4)5/h6-14H2,1-5H3. The van der Waals surface area contributed by atoms with Gasteiger partial charge in [-0.25, -0.2) is 4.79 Å². The summed E-state index contributed by atoms with van der Waals surface area (Å²) in [7, 11) is 0. The van der Waals surface area contributed by atoms with Crippen LogP contribution in [-0.2, 0) is 9.47 Å². The molecule has 1 aliphatic heterocycles. The molecule has 5 heteroatoms. The third-order valence-corrected chi connectivity index (χ3v) is 4.87. The lowest BCUT2D eigenvalue weighted by Gasteiger charge is -2.42. The highest BCUT2D eigenvalue weighted by atomic mass is 32.2. The Labute approximate surface area is 140 Å². The highest BCUT2D eigenvalue weighted by Crippen LogP contribution is 2.29. The predicted molar refractivity (Wildman–Crippen MR) is 93.6 cm³/mol. The first-order valence-corrected chi connectivity index (χ1v) is 9.67. The molecule has 1 aliphatic rings. The first-order valence-electron chi connectivity index (χ1n) is 8.51. The molecule has 1 amide bonds. The fraction of sp³-hybridized carbons (Fsp3) is 0.941. The lowest BCUT2D eigenvalue weighted by molar-refractivity contribution is -0.0928. The van der Waals surface area contributed by atoms with Crippen LogP contribution >= 0.6 is 11.8 Å². The molecule has 22 heavy (non-hydrogen) atoms. The van der Waals surface area contributed by atoms with Crippen LogP contribution in [0.25, 0.3) is 0 Å². The van der Waals surface area contributed by atoms with Crippen molar-refractivity contribution < 1.29 is 14.3 Å². The van der Waals surface area contributed by atoms with Gasteiger partial charge in [-0.3, -0.25) is 0 Å². The van der Waals surface area contributed by atoms with Crippen LogP contribution in [0.1, 0.15) is 60.3 Å². The Morgan fingerprint density at radius 3 is 2.64 bits per heavy atom. The lowest BCUT2D eigenvalue weighted by Crippen LogP contribution is -2.52. The topological polar surface area (TPSA) is 38.8 Å². The van der Waals surface area contributed by atoms with E-state index in [2.05, 4.69) is 13.8 Å². The maximum Gasteiger partial charge on any atom is 0.410 e. The van der Waals surface area contributed by atoms with Crippen molar-refractivity contribution in [1.82, 2.24) is 4.90 Å². The van der Waals surface area contributed by atoms with E-state index in [-0.39, 0.29) is 11.7 Å². The van der Waals surface area contributed by atoms with Gasteiger partial charge in [-0.05, 0) is 58.0 Å². The highest BCUT2D eigenvalue weighted by molar-refractivity contribution is 7.99. The van der Waals surface area contributed by atoms with Crippen LogP contribution < -0.4 is 0 Å². The molecule has 130 valence electrons. The van der Waals surface area contributed by atoms with Crippen LogP contribution in [0.5, 0.6) is 0 Å². The zero-order chi connectivity index (χ0) is 16.6. The molecule has 0 saturated carbocycles. The summed E-state index contributed by atoms with van der Waals surface area (Å²) in [6, 6.07) is 0. The molecule has 1 rings (SSSR count). The van der Waals surface area contributed by atoms with Crippen LogP contribution in [0, 0.1) is 0 Å². The van der Waals surface area contributed by atoms with Gasteiger partial charge in [-0.15, -0.1) is 0 Å². The number of hydrogen-bond acceptors (Lipinski definition) is 4. The Kier molecular flexibility index (Phi) is 8.04. The van der Waals surface area contributed by atoms with Gasteiger partial charge in [-0.1, -0.05) is 13.8 Å². The number of hydrogen-bond donors (Lipinski definition) is 0. The molecule has 1 heterocycles. The van der Waals surface area contributed by atoms with Crippen molar-refractivity contribution in [2.75, 3.05) is 31.2 Å². The molecule has 1 fully saturated rings. The Morgan fingerprint density at radius 1 is 1.32 bits per heavy atom. The van der Waals surface area contributed by atoms with Gasteiger partial charge in [0.25, 0.3) is 0 Å². The van der Waals surface area contributed by atoms with E-state index in [0.29, 0.717) is 6.54 Å². The smallest absolute Gasteiger partial charge is 0.410 e. The van der Waals surface area contributed by atoms with E-state index in [1.807, 2.05) is 37.4 Å².